The molecule has 0 aromatic heterocycles. The number of amides is 1. The molecule has 0 radical (unpaired) electrons. The van der Waals surface area contributed by atoms with E-state index in [1.54, 1.807) is 0 Å². The van der Waals surface area contributed by atoms with Gasteiger partial charge in [0.2, 0.25) is 5.91 Å². The van der Waals surface area contributed by atoms with Crippen molar-refractivity contribution in [3.05, 3.63) is 0 Å². The average molecular weight is 381 g/mol. The molecule has 2 saturated heterocycles. The van der Waals surface area contributed by atoms with Gasteiger partial charge in [-0.25, -0.2) is 0 Å². The number of hydrogen-bond donors (Lipinski definition) is 0. The summed E-state index contributed by atoms with van der Waals surface area (Å²) in [6, 6.07) is 0. The molecule has 1 spiro atoms. The van der Waals surface area contributed by atoms with Crippen LogP contribution in [0.4, 0.5) is 0 Å². The molecule has 0 saturated carbocycles. The molecule has 2 rings (SSSR count). The average Bonchev–Trinajstić information content (AvgIpc) is 2.70. The minimum atomic E-state index is -0.00356. The van der Waals surface area contributed by atoms with Crippen molar-refractivity contribution in [3.8, 4) is 0 Å². The molecule has 1 atom stereocenters. The van der Waals surface area contributed by atoms with Crippen LogP contribution in [0.15, 0.2) is 0 Å². The van der Waals surface area contributed by atoms with E-state index in [-0.39, 0.29) is 11.5 Å². The molecular formula is C23H44N2O2. The van der Waals surface area contributed by atoms with Gasteiger partial charge in [-0.1, -0.05) is 47.0 Å². The van der Waals surface area contributed by atoms with Gasteiger partial charge in [0.15, 0.2) is 0 Å². The normalized spacial score (nSPS) is 21.7. The number of carbonyl (C=O) groups excluding carboxylic acids is 1. The number of hydrogen-bond acceptors (Lipinski definition) is 3. The van der Waals surface area contributed by atoms with Gasteiger partial charge >= 0.3 is 0 Å². The van der Waals surface area contributed by atoms with E-state index in [9.17, 15) is 4.79 Å². The van der Waals surface area contributed by atoms with Crippen molar-refractivity contribution in [3.63, 3.8) is 0 Å². The fraction of sp³-hybridized carbons (Fsp3) is 0.957. The quantitative estimate of drug-likeness (QED) is 0.549. The van der Waals surface area contributed by atoms with Gasteiger partial charge in [-0.2, -0.15) is 0 Å². The summed E-state index contributed by atoms with van der Waals surface area (Å²) < 4.78 is 6.29. The molecule has 1 amide bonds. The van der Waals surface area contributed by atoms with Gasteiger partial charge in [-0.15, -0.1) is 0 Å². The predicted molar refractivity (Wildman–Crippen MR) is 113 cm³/mol. The van der Waals surface area contributed by atoms with Gasteiger partial charge in [-0.05, 0) is 51.0 Å². The maximum absolute atomic E-state index is 12.8. The molecule has 27 heavy (non-hydrogen) atoms. The summed E-state index contributed by atoms with van der Waals surface area (Å²) in [4.78, 5) is 17.5. The Morgan fingerprint density at radius 1 is 1.00 bits per heavy atom. The van der Waals surface area contributed by atoms with Crippen LogP contribution in [0.25, 0.3) is 0 Å². The van der Waals surface area contributed by atoms with Crippen LogP contribution in [0.1, 0.15) is 85.5 Å². The third-order valence-corrected chi connectivity index (χ3v) is 7.03. The Kier molecular flexibility index (Phi) is 9.58. The third-order valence-electron chi connectivity index (χ3n) is 7.03. The highest BCUT2D eigenvalue weighted by Crippen LogP contribution is 2.31. The Labute approximate surface area is 168 Å². The second kappa shape index (κ2) is 11.4. The predicted octanol–water partition coefficient (Wildman–Crippen LogP) is 4.72. The summed E-state index contributed by atoms with van der Waals surface area (Å²) in [7, 11) is 0. The Hall–Kier alpha value is -0.610. The topological polar surface area (TPSA) is 32.8 Å². The molecule has 2 fully saturated rings. The first-order chi connectivity index (χ1) is 13.1. The minimum Gasteiger partial charge on any atom is -0.372 e. The summed E-state index contributed by atoms with van der Waals surface area (Å²) in [6.45, 7) is 14.9. The molecule has 158 valence electrons. The lowest BCUT2D eigenvalue weighted by Crippen LogP contribution is -2.58. The van der Waals surface area contributed by atoms with Crippen molar-refractivity contribution in [1.82, 2.24) is 9.80 Å². The van der Waals surface area contributed by atoms with Crippen LogP contribution in [-0.4, -0.2) is 60.6 Å². The van der Waals surface area contributed by atoms with Crippen LogP contribution in [0.3, 0.4) is 0 Å². The molecular weight excluding hydrogens is 336 g/mol. The lowest BCUT2D eigenvalue weighted by Gasteiger charge is -2.47. The third kappa shape index (κ3) is 6.45. The molecule has 0 aliphatic carbocycles. The number of piperidine rings is 1. The van der Waals surface area contributed by atoms with Crippen molar-refractivity contribution in [2.24, 2.45) is 11.8 Å². The molecule has 0 N–H and O–H groups in total. The molecule has 2 aliphatic heterocycles. The second-order valence-electron chi connectivity index (χ2n) is 8.85. The standard InChI is InChI=1S/C23H44N2O2/c1-5-10-21(8-4)22(26)25-15-12-23(13-16-25)19-24(17-18-27-23)14-9-11-20(6-2)7-3/h20-21H,5-19H2,1-4H3. The van der Waals surface area contributed by atoms with Crippen molar-refractivity contribution in [2.75, 3.05) is 39.3 Å². The Balaban J connectivity index is 1.79. The van der Waals surface area contributed by atoms with Crippen LogP contribution < -0.4 is 0 Å². The Morgan fingerprint density at radius 3 is 2.30 bits per heavy atom. The molecule has 0 aromatic rings. The van der Waals surface area contributed by atoms with Crippen molar-refractivity contribution in [1.29, 1.82) is 0 Å². The number of carbonyl (C=O) groups is 1. The number of likely N-dealkylation sites (tertiary alicyclic amines) is 1. The highest BCUT2D eigenvalue weighted by atomic mass is 16.5. The van der Waals surface area contributed by atoms with Gasteiger partial charge in [0.25, 0.3) is 0 Å². The van der Waals surface area contributed by atoms with E-state index in [0.29, 0.717) is 5.91 Å². The van der Waals surface area contributed by atoms with E-state index >= 15 is 0 Å². The minimum absolute atomic E-state index is 0.00356. The van der Waals surface area contributed by atoms with E-state index in [1.807, 2.05) is 0 Å². The lowest BCUT2D eigenvalue weighted by atomic mass is 9.88. The second-order valence-corrected chi connectivity index (χ2v) is 8.85. The summed E-state index contributed by atoms with van der Waals surface area (Å²) in [5.41, 5.74) is -0.00356. The molecule has 4 nitrogen and oxygen atoms in total. The highest BCUT2D eigenvalue weighted by Gasteiger charge is 2.41. The number of morpholine rings is 1. The van der Waals surface area contributed by atoms with E-state index < -0.39 is 0 Å². The summed E-state index contributed by atoms with van der Waals surface area (Å²) in [5, 5.41) is 0. The summed E-state index contributed by atoms with van der Waals surface area (Å²) in [6.07, 6.45) is 10.4. The van der Waals surface area contributed by atoms with Gasteiger partial charge in [-0.3, -0.25) is 9.69 Å². The first-order valence-corrected chi connectivity index (χ1v) is 11.7. The fourth-order valence-corrected chi connectivity index (χ4v) is 4.96. The van der Waals surface area contributed by atoms with Crippen molar-refractivity contribution < 1.29 is 9.53 Å². The first-order valence-electron chi connectivity index (χ1n) is 11.7. The van der Waals surface area contributed by atoms with E-state index in [4.69, 9.17) is 4.74 Å². The zero-order chi connectivity index (χ0) is 19.7. The zero-order valence-electron chi connectivity index (χ0n) is 18.5. The van der Waals surface area contributed by atoms with Crippen LogP contribution in [0.2, 0.25) is 0 Å². The number of nitrogens with zero attached hydrogens (tertiary/aromatic N) is 2. The van der Waals surface area contributed by atoms with Gasteiger partial charge in [0.05, 0.1) is 12.2 Å². The Morgan fingerprint density at radius 2 is 1.70 bits per heavy atom. The number of rotatable bonds is 10. The molecule has 1 unspecified atom stereocenters. The van der Waals surface area contributed by atoms with E-state index in [0.717, 1.165) is 70.8 Å². The van der Waals surface area contributed by atoms with Crippen LogP contribution >= 0.6 is 0 Å². The molecule has 2 aliphatic rings. The SMILES string of the molecule is CCCC(CC)C(=O)N1CCC2(CC1)CN(CCCC(CC)CC)CCO2. The van der Waals surface area contributed by atoms with Crippen molar-refractivity contribution >= 4 is 5.91 Å². The van der Waals surface area contributed by atoms with Gasteiger partial charge in [0, 0.05) is 32.1 Å². The summed E-state index contributed by atoms with van der Waals surface area (Å²) in [5.74, 6) is 1.49. The highest BCUT2D eigenvalue weighted by molar-refractivity contribution is 5.78. The largest absolute Gasteiger partial charge is 0.372 e. The first kappa shape index (κ1) is 22.7. The zero-order valence-corrected chi connectivity index (χ0v) is 18.5. The Bertz CT molecular complexity index is 428. The van der Waals surface area contributed by atoms with E-state index in [2.05, 4.69) is 37.5 Å². The van der Waals surface area contributed by atoms with Crippen LogP contribution in [0, 0.1) is 11.8 Å². The number of ether oxygens (including phenoxy) is 1. The molecule has 4 heteroatoms. The summed E-state index contributed by atoms with van der Waals surface area (Å²) >= 11 is 0. The maximum Gasteiger partial charge on any atom is 0.225 e. The van der Waals surface area contributed by atoms with Crippen LogP contribution in [0.5, 0.6) is 0 Å². The van der Waals surface area contributed by atoms with Crippen LogP contribution in [-0.2, 0) is 9.53 Å². The fourth-order valence-electron chi connectivity index (χ4n) is 4.96. The van der Waals surface area contributed by atoms with Crippen molar-refractivity contribution in [2.45, 2.75) is 91.1 Å². The maximum atomic E-state index is 12.8. The molecule has 0 bridgehead atoms. The lowest BCUT2D eigenvalue weighted by molar-refractivity contribution is -0.153. The molecule has 2 heterocycles. The monoisotopic (exact) mass is 380 g/mol. The van der Waals surface area contributed by atoms with E-state index in [1.165, 1.54) is 32.2 Å². The van der Waals surface area contributed by atoms with Gasteiger partial charge in [0.1, 0.15) is 0 Å². The smallest absolute Gasteiger partial charge is 0.225 e. The van der Waals surface area contributed by atoms with Gasteiger partial charge < -0.3 is 9.64 Å². The molecule has 0 aromatic carbocycles.